The summed E-state index contributed by atoms with van der Waals surface area (Å²) in [5, 5.41) is 23.4. The third-order valence-electron chi connectivity index (χ3n) is 5.62. The predicted octanol–water partition coefficient (Wildman–Crippen LogP) is 3.30. The second kappa shape index (κ2) is 10.7. The minimum atomic E-state index is -0.692. The Hall–Kier alpha value is -2.75. The molecule has 0 aliphatic heterocycles. The van der Waals surface area contributed by atoms with Gasteiger partial charge in [0.05, 0.1) is 12.0 Å². The van der Waals surface area contributed by atoms with E-state index in [-0.39, 0.29) is 30.9 Å². The molecule has 7 heteroatoms. The first-order valence-electron chi connectivity index (χ1n) is 10.2. The molecule has 4 atom stereocenters. The molecule has 2 amide bonds. The molecule has 0 aromatic heterocycles. The molecule has 158 valence electrons. The van der Waals surface area contributed by atoms with E-state index in [1.54, 1.807) is 12.1 Å². The Morgan fingerprint density at radius 3 is 2.55 bits per heavy atom. The molecule has 3 N–H and O–H groups in total. The number of phenols is 1. The van der Waals surface area contributed by atoms with Crippen LogP contribution in [0.3, 0.4) is 0 Å². The lowest BCUT2D eigenvalue weighted by Crippen LogP contribution is -2.41. The van der Waals surface area contributed by atoms with Crippen LogP contribution in [-0.4, -0.2) is 36.3 Å². The minimum Gasteiger partial charge on any atom is -0.508 e. The van der Waals surface area contributed by atoms with Crippen LogP contribution in [0.4, 0.5) is 4.79 Å². The van der Waals surface area contributed by atoms with E-state index in [2.05, 4.69) is 31.4 Å². The minimum absolute atomic E-state index is 0.0372. The Balaban J connectivity index is 2.01. The lowest BCUT2D eigenvalue weighted by Gasteiger charge is -2.36. The zero-order chi connectivity index (χ0) is 21.4. The average Bonchev–Trinajstić information content (AvgIpc) is 2.67. The molecular formula is C22H31N3O4. The fourth-order valence-electron chi connectivity index (χ4n) is 3.93. The summed E-state index contributed by atoms with van der Waals surface area (Å²) in [5.74, 6) is 0.310. The van der Waals surface area contributed by atoms with Gasteiger partial charge < -0.3 is 20.5 Å². The number of hydrogen-bond donors (Lipinski definition) is 3. The lowest BCUT2D eigenvalue weighted by molar-refractivity contribution is -0.122. The Bertz CT molecular complexity index is 727. The van der Waals surface area contributed by atoms with Crippen molar-refractivity contribution in [3.63, 3.8) is 0 Å². The fourth-order valence-corrected chi connectivity index (χ4v) is 3.93. The SMILES string of the molecule is CC1CCC(C(C)C)C(OC(=O)NCC(C(=O)NCC#N)c2ccc(O)cc2)C1. The molecule has 7 nitrogen and oxygen atoms in total. The van der Waals surface area contributed by atoms with E-state index >= 15 is 0 Å². The number of alkyl carbamates (subject to hydrolysis) is 1. The number of nitrogens with one attached hydrogen (secondary N) is 2. The summed E-state index contributed by atoms with van der Waals surface area (Å²) < 4.78 is 5.73. The molecule has 1 fully saturated rings. The number of carbonyl (C=O) groups is 2. The summed E-state index contributed by atoms with van der Waals surface area (Å²) in [6, 6.07) is 8.07. The summed E-state index contributed by atoms with van der Waals surface area (Å²) in [6.07, 6.45) is 2.38. The van der Waals surface area contributed by atoms with Crippen LogP contribution in [0, 0.1) is 29.1 Å². The van der Waals surface area contributed by atoms with E-state index < -0.39 is 12.0 Å². The van der Waals surface area contributed by atoms with Crippen molar-refractivity contribution in [1.82, 2.24) is 10.6 Å². The standard InChI is InChI=1S/C22H31N3O4/c1-14(2)18-9-4-15(3)12-20(18)29-22(28)25-13-19(21(27)24-11-10-23)16-5-7-17(26)8-6-16/h5-8,14-15,18-20,26H,4,9,11-13H2,1-3H3,(H,24,27)(H,25,28). The van der Waals surface area contributed by atoms with Crippen LogP contribution in [0.5, 0.6) is 5.75 Å². The number of nitrogens with zero attached hydrogens (tertiary/aromatic N) is 1. The number of nitriles is 1. The highest BCUT2D eigenvalue weighted by molar-refractivity contribution is 5.84. The Morgan fingerprint density at radius 1 is 1.24 bits per heavy atom. The Kier molecular flexibility index (Phi) is 8.32. The molecular weight excluding hydrogens is 370 g/mol. The van der Waals surface area contributed by atoms with E-state index in [0.29, 0.717) is 23.3 Å². The first kappa shape index (κ1) is 22.5. The topological polar surface area (TPSA) is 111 Å². The predicted molar refractivity (Wildman–Crippen MR) is 109 cm³/mol. The molecule has 0 spiro atoms. The number of rotatable bonds is 7. The molecule has 1 aromatic rings. The van der Waals surface area contributed by atoms with Crippen LogP contribution in [0.25, 0.3) is 0 Å². The van der Waals surface area contributed by atoms with Crippen molar-refractivity contribution in [2.24, 2.45) is 17.8 Å². The second-order valence-electron chi connectivity index (χ2n) is 8.17. The van der Waals surface area contributed by atoms with Crippen LogP contribution >= 0.6 is 0 Å². The summed E-state index contributed by atoms with van der Waals surface area (Å²) in [6.45, 7) is 6.39. The maximum atomic E-state index is 12.5. The van der Waals surface area contributed by atoms with E-state index in [9.17, 15) is 14.7 Å². The summed E-state index contributed by atoms with van der Waals surface area (Å²) >= 11 is 0. The molecule has 0 heterocycles. The van der Waals surface area contributed by atoms with Crippen molar-refractivity contribution in [3.8, 4) is 11.8 Å². The van der Waals surface area contributed by atoms with Gasteiger partial charge in [0, 0.05) is 6.54 Å². The Labute approximate surface area is 172 Å². The van der Waals surface area contributed by atoms with Crippen molar-refractivity contribution in [3.05, 3.63) is 29.8 Å². The van der Waals surface area contributed by atoms with Gasteiger partial charge in [0.25, 0.3) is 0 Å². The van der Waals surface area contributed by atoms with Gasteiger partial charge >= 0.3 is 6.09 Å². The molecule has 29 heavy (non-hydrogen) atoms. The van der Waals surface area contributed by atoms with Crippen LogP contribution in [0.15, 0.2) is 24.3 Å². The molecule has 1 aliphatic rings. The van der Waals surface area contributed by atoms with Crippen LogP contribution < -0.4 is 10.6 Å². The zero-order valence-corrected chi connectivity index (χ0v) is 17.4. The molecule has 1 saturated carbocycles. The molecule has 0 saturated heterocycles. The zero-order valence-electron chi connectivity index (χ0n) is 17.4. The van der Waals surface area contributed by atoms with Crippen molar-refractivity contribution in [2.75, 3.05) is 13.1 Å². The van der Waals surface area contributed by atoms with Crippen LogP contribution in [-0.2, 0) is 9.53 Å². The van der Waals surface area contributed by atoms with Crippen molar-refractivity contribution in [2.45, 2.75) is 52.1 Å². The number of benzene rings is 1. The summed E-state index contributed by atoms with van der Waals surface area (Å²) in [7, 11) is 0. The maximum Gasteiger partial charge on any atom is 0.407 e. The third kappa shape index (κ3) is 6.67. The quantitative estimate of drug-likeness (QED) is 0.607. The molecule has 1 aliphatic carbocycles. The van der Waals surface area contributed by atoms with Crippen molar-refractivity contribution in [1.29, 1.82) is 5.26 Å². The number of carbonyl (C=O) groups excluding carboxylic acids is 2. The average molecular weight is 402 g/mol. The second-order valence-corrected chi connectivity index (χ2v) is 8.17. The van der Waals surface area contributed by atoms with Gasteiger partial charge in [0.2, 0.25) is 5.91 Å². The van der Waals surface area contributed by atoms with Crippen molar-refractivity contribution < 1.29 is 19.4 Å². The molecule has 0 radical (unpaired) electrons. The van der Waals surface area contributed by atoms with Gasteiger partial charge in [-0.3, -0.25) is 4.79 Å². The number of hydrogen-bond acceptors (Lipinski definition) is 5. The van der Waals surface area contributed by atoms with Gasteiger partial charge in [-0.05, 0) is 48.3 Å². The van der Waals surface area contributed by atoms with Crippen LogP contribution in [0.1, 0.15) is 51.5 Å². The number of aromatic hydroxyl groups is 1. The van der Waals surface area contributed by atoms with E-state index in [4.69, 9.17) is 10.00 Å². The molecule has 0 bridgehead atoms. The van der Waals surface area contributed by atoms with Crippen molar-refractivity contribution >= 4 is 12.0 Å². The van der Waals surface area contributed by atoms with Gasteiger partial charge in [0.1, 0.15) is 18.4 Å². The highest BCUT2D eigenvalue weighted by atomic mass is 16.6. The number of amides is 2. The molecule has 4 unspecified atom stereocenters. The van der Waals surface area contributed by atoms with Gasteiger partial charge in [-0.15, -0.1) is 0 Å². The summed E-state index contributed by atoms with van der Waals surface area (Å²) in [4.78, 5) is 24.9. The smallest absolute Gasteiger partial charge is 0.407 e. The molecule has 1 aromatic carbocycles. The van der Waals surface area contributed by atoms with E-state index in [1.807, 2.05) is 6.07 Å². The summed E-state index contributed by atoms with van der Waals surface area (Å²) in [5.41, 5.74) is 0.630. The highest BCUT2D eigenvalue weighted by Gasteiger charge is 2.33. The number of ether oxygens (including phenoxy) is 1. The lowest BCUT2D eigenvalue weighted by atomic mass is 9.75. The normalized spacial score (nSPS) is 22.4. The fraction of sp³-hybridized carbons (Fsp3) is 0.591. The first-order valence-corrected chi connectivity index (χ1v) is 10.2. The largest absolute Gasteiger partial charge is 0.508 e. The Morgan fingerprint density at radius 2 is 1.93 bits per heavy atom. The van der Waals surface area contributed by atoms with Gasteiger partial charge in [-0.25, -0.2) is 4.79 Å². The number of phenolic OH excluding ortho intramolecular Hbond substituents is 1. The van der Waals surface area contributed by atoms with Crippen LogP contribution in [0.2, 0.25) is 0 Å². The van der Waals surface area contributed by atoms with Gasteiger partial charge in [-0.1, -0.05) is 39.3 Å². The third-order valence-corrected chi connectivity index (χ3v) is 5.62. The maximum absolute atomic E-state index is 12.5. The van der Waals surface area contributed by atoms with E-state index in [0.717, 1.165) is 19.3 Å². The van der Waals surface area contributed by atoms with Gasteiger partial charge in [0.15, 0.2) is 0 Å². The molecule has 2 rings (SSSR count). The monoisotopic (exact) mass is 401 g/mol. The highest BCUT2D eigenvalue weighted by Crippen LogP contribution is 2.35. The first-order chi connectivity index (χ1) is 13.8. The van der Waals surface area contributed by atoms with Gasteiger partial charge in [-0.2, -0.15) is 5.26 Å². The van der Waals surface area contributed by atoms with E-state index in [1.165, 1.54) is 12.1 Å².